The summed E-state index contributed by atoms with van der Waals surface area (Å²) in [5.41, 5.74) is 0.193. The average Bonchev–Trinajstić information content (AvgIpc) is 2.73. The minimum absolute atomic E-state index is 0.107. The van der Waals surface area contributed by atoms with E-state index in [4.69, 9.17) is 5.11 Å². The number of amides is 1. The number of carbonyl (C=O) groups excluding carboxylic acids is 1. The lowest BCUT2D eigenvalue weighted by Gasteiger charge is -2.17. The maximum absolute atomic E-state index is 11.8. The minimum Gasteiger partial charge on any atom is -0.478 e. The van der Waals surface area contributed by atoms with Gasteiger partial charge in [-0.25, -0.2) is 4.79 Å². The lowest BCUT2D eigenvalue weighted by molar-refractivity contribution is -0.131. The van der Waals surface area contributed by atoms with Crippen LogP contribution in [0.15, 0.2) is 18.2 Å². The number of carboxylic acid groups (broad SMARTS) is 1. The van der Waals surface area contributed by atoms with E-state index in [1.165, 1.54) is 17.4 Å². The molecule has 0 saturated carbocycles. The van der Waals surface area contributed by atoms with Gasteiger partial charge in [0.25, 0.3) is 5.91 Å². The molecule has 0 aromatic carbocycles. The monoisotopic (exact) mass is 281 g/mol. The van der Waals surface area contributed by atoms with E-state index in [1.807, 2.05) is 0 Å². The molecule has 0 saturated heterocycles. The highest BCUT2D eigenvalue weighted by Gasteiger charge is 2.12. The summed E-state index contributed by atoms with van der Waals surface area (Å²) >= 11 is 1.28. The SMILES string of the molecule is CC(C)(C)CCNC(=O)c1ccc(/C=C/C(=O)O)s1. The third kappa shape index (κ3) is 6.20. The predicted octanol–water partition coefficient (Wildman–Crippen LogP) is 3.01. The fourth-order valence-corrected chi connectivity index (χ4v) is 2.18. The van der Waals surface area contributed by atoms with Gasteiger partial charge in [-0.3, -0.25) is 4.79 Å². The van der Waals surface area contributed by atoms with Crippen molar-refractivity contribution in [3.05, 3.63) is 28.0 Å². The van der Waals surface area contributed by atoms with Crippen LogP contribution in [0.25, 0.3) is 6.08 Å². The highest BCUT2D eigenvalue weighted by molar-refractivity contribution is 7.14. The van der Waals surface area contributed by atoms with E-state index in [9.17, 15) is 9.59 Å². The van der Waals surface area contributed by atoms with Crippen LogP contribution in [0.2, 0.25) is 0 Å². The van der Waals surface area contributed by atoms with Crippen molar-refractivity contribution < 1.29 is 14.7 Å². The zero-order valence-corrected chi connectivity index (χ0v) is 12.2. The molecule has 2 N–H and O–H groups in total. The van der Waals surface area contributed by atoms with Crippen LogP contribution in [0.5, 0.6) is 0 Å². The molecule has 0 atom stereocenters. The number of thiophene rings is 1. The van der Waals surface area contributed by atoms with Gasteiger partial charge >= 0.3 is 5.97 Å². The second kappa shape index (κ2) is 6.52. The summed E-state index contributed by atoms with van der Waals surface area (Å²) in [6.45, 7) is 7.01. The summed E-state index contributed by atoms with van der Waals surface area (Å²) in [7, 11) is 0. The fraction of sp³-hybridized carbons (Fsp3) is 0.429. The van der Waals surface area contributed by atoms with Gasteiger partial charge in [0, 0.05) is 17.5 Å². The molecular formula is C14H19NO3S. The molecule has 104 valence electrons. The zero-order valence-electron chi connectivity index (χ0n) is 11.4. The molecule has 5 heteroatoms. The van der Waals surface area contributed by atoms with Crippen LogP contribution in [-0.2, 0) is 4.79 Å². The molecule has 0 unspecified atom stereocenters. The Balaban J connectivity index is 2.52. The van der Waals surface area contributed by atoms with Crippen LogP contribution in [0.1, 0.15) is 41.7 Å². The summed E-state index contributed by atoms with van der Waals surface area (Å²) in [5, 5.41) is 11.4. The first-order chi connectivity index (χ1) is 8.78. The Hall–Kier alpha value is -1.62. The Bertz CT molecular complexity index is 483. The Morgan fingerprint density at radius 1 is 1.37 bits per heavy atom. The molecule has 0 fully saturated rings. The maximum Gasteiger partial charge on any atom is 0.328 e. The summed E-state index contributed by atoms with van der Waals surface area (Å²) in [6, 6.07) is 3.45. The third-order valence-corrected chi connectivity index (χ3v) is 3.45. The Labute approximate surface area is 117 Å². The molecule has 0 bridgehead atoms. The summed E-state index contributed by atoms with van der Waals surface area (Å²) < 4.78 is 0. The van der Waals surface area contributed by atoms with Crippen molar-refractivity contribution in [2.45, 2.75) is 27.2 Å². The number of hydrogen-bond donors (Lipinski definition) is 2. The number of nitrogens with one attached hydrogen (secondary N) is 1. The van der Waals surface area contributed by atoms with Crippen LogP contribution in [0, 0.1) is 5.41 Å². The van der Waals surface area contributed by atoms with Crippen LogP contribution in [0.3, 0.4) is 0 Å². The van der Waals surface area contributed by atoms with E-state index in [2.05, 4.69) is 26.1 Å². The second-order valence-electron chi connectivity index (χ2n) is 5.44. The predicted molar refractivity (Wildman–Crippen MR) is 77.4 cm³/mol. The topological polar surface area (TPSA) is 66.4 Å². The largest absolute Gasteiger partial charge is 0.478 e. The number of hydrogen-bond acceptors (Lipinski definition) is 3. The molecule has 19 heavy (non-hydrogen) atoms. The molecule has 1 aromatic rings. The smallest absolute Gasteiger partial charge is 0.328 e. The van der Waals surface area contributed by atoms with Gasteiger partial charge in [0.05, 0.1) is 4.88 Å². The molecule has 0 radical (unpaired) electrons. The molecule has 0 aliphatic carbocycles. The number of carbonyl (C=O) groups is 2. The van der Waals surface area contributed by atoms with E-state index >= 15 is 0 Å². The van der Waals surface area contributed by atoms with Gasteiger partial charge in [0.2, 0.25) is 0 Å². The maximum atomic E-state index is 11.8. The summed E-state index contributed by atoms with van der Waals surface area (Å²) in [4.78, 5) is 23.6. The molecule has 0 aliphatic rings. The molecule has 4 nitrogen and oxygen atoms in total. The Kier molecular flexibility index (Phi) is 5.30. The van der Waals surface area contributed by atoms with Crippen molar-refractivity contribution in [2.24, 2.45) is 5.41 Å². The van der Waals surface area contributed by atoms with Crippen molar-refractivity contribution >= 4 is 29.3 Å². The standard InChI is InChI=1S/C14H19NO3S/c1-14(2,3)8-9-15-13(18)11-6-4-10(19-11)5-7-12(16)17/h4-7H,8-9H2,1-3H3,(H,15,18)(H,16,17)/b7-5+. The molecule has 0 aliphatic heterocycles. The first kappa shape index (κ1) is 15.4. The van der Waals surface area contributed by atoms with Gasteiger partial charge in [-0.15, -0.1) is 11.3 Å². The summed E-state index contributed by atoms with van der Waals surface area (Å²) in [6.07, 6.45) is 3.46. The van der Waals surface area contributed by atoms with Crippen LogP contribution >= 0.6 is 11.3 Å². The van der Waals surface area contributed by atoms with Crippen LogP contribution in [-0.4, -0.2) is 23.5 Å². The second-order valence-corrected chi connectivity index (χ2v) is 6.56. The van der Waals surface area contributed by atoms with Crippen molar-refractivity contribution in [3.8, 4) is 0 Å². The number of carboxylic acids is 1. The number of aliphatic carboxylic acids is 1. The van der Waals surface area contributed by atoms with Gasteiger partial charge in [-0.05, 0) is 30.0 Å². The molecule has 1 heterocycles. The highest BCUT2D eigenvalue weighted by Crippen LogP contribution is 2.19. The average molecular weight is 281 g/mol. The van der Waals surface area contributed by atoms with E-state index in [1.54, 1.807) is 12.1 Å². The van der Waals surface area contributed by atoms with Gasteiger partial charge < -0.3 is 10.4 Å². The quantitative estimate of drug-likeness (QED) is 0.815. The normalized spacial score (nSPS) is 11.7. The van der Waals surface area contributed by atoms with E-state index in [0.717, 1.165) is 17.4 Å². The lowest BCUT2D eigenvalue weighted by atomic mass is 9.92. The van der Waals surface area contributed by atoms with Crippen molar-refractivity contribution in [1.82, 2.24) is 5.32 Å². The lowest BCUT2D eigenvalue weighted by Crippen LogP contribution is -2.26. The van der Waals surface area contributed by atoms with E-state index in [0.29, 0.717) is 11.4 Å². The number of rotatable bonds is 5. The Morgan fingerprint density at radius 2 is 2.05 bits per heavy atom. The zero-order chi connectivity index (χ0) is 14.5. The van der Waals surface area contributed by atoms with Crippen molar-refractivity contribution in [1.29, 1.82) is 0 Å². The van der Waals surface area contributed by atoms with Gasteiger partial charge in [0.1, 0.15) is 0 Å². The first-order valence-corrected chi connectivity index (χ1v) is 6.89. The van der Waals surface area contributed by atoms with Gasteiger partial charge in [-0.2, -0.15) is 0 Å². The highest BCUT2D eigenvalue weighted by atomic mass is 32.1. The molecule has 0 spiro atoms. The van der Waals surface area contributed by atoms with E-state index < -0.39 is 5.97 Å². The van der Waals surface area contributed by atoms with Gasteiger partial charge in [-0.1, -0.05) is 20.8 Å². The third-order valence-electron chi connectivity index (χ3n) is 2.40. The van der Waals surface area contributed by atoms with Crippen molar-refractivity contribution in [3.63, 3.8) is 0 Å². The van der Waals surface area contributed by atoms with Gasteiger partial charge in [0.15, 0.2) is 0 Å². The van der Waals surface area contributed by atoms with Crippen LogP contribution < -0.4 is 5.32 Å². The molecule has 1 rings (SSSR count). The van der Waals surface area contributed by atoms with Crippen molar-refractivity contribution in [2.75, 3.05) is 6.54 Å². The minimum atomic E-state index is -0.996. The molecule has 1 aromatic heterocycles. The Morgan fingerprint density at radius 3 is 2.63 bits per heavy atom. The van der Waals surface area contributed by atoms with Crippen LogP contribution in [0.4, 0.5) is 0 Å². The first-order valence-electron chi connectivity index (χ1n) is 6.07. The fourth-order valence-electron chi connectivity index (χ4n) is 1.36. The summed E-state index contributed by atoms with van der Waals surface area (Å²) in [5.74, 6) is -1.10. The molecule has 1 amide bonds. The molecular weight excluding hydrogens is 262 g/mol. The van der Waals surface area contributed by atoms with E-state index in [-0.39, 0.29) is 11.3 Å².